The highest BCUT2D eigenvalue weighted by atomic mass is 16.7. The highest BCUT2D eigenvalue weighted by molar-refractivity contribution is 5.48. The Balaban J connectivity index is 2.05. The number of aliphatic hydroxyl groups is 1. The van der Waals surface area contributed by atoms with Crippen LogP contribution in [-0.2, 0) is 6.54 Å². The molecule has 0 bridgehead atoms. The van der Waals surface area contributed by atoms with Crippen LogP contribution in [0.15, 0.2) is 12.1 Å². The molecule has 5 heteroatoms. The molecule has 0 aliphatic carbocycles. The number of nitrogens with zero attached hydrogens (tertiary/aromatic N) is 1. The van der Waals surface area contributed by atoms with Gasteiger partial charge in [0.15, 0.2) is 11.5 Å². The third-order valence-corrected chi connectivity index (χ3v) is 3.05. The molecule has 1 atom stereocenters. The monoisotopic (exact) mass is 252 g/mol. The zero-order valence-electron chi connectivity index (χ0n) is 10.8. The van der Waals surface area contributed by atoms with Crippen LogP contribution in [0.2, 0.25) is 0 Å². The molecule has 1 aromatic rings. The summed E-state index contributed by atoms with van der Waals surface area (Å²) in [6.45, 7) is 3.78. The Labute approximate surface area is 107 Å². The molecule has 1 unspecified atom stereocenters. The van der Waals surface area contributed by atoms with Gasteiger partial charge >= 0.3 is 0 Å². The first-order valence-electron chi connectivity index (χ1n) is 6.04. The van der Waals surface area contributed by atoms with Gasteiger partial charge in [0.1, 0.15) is 0 Å². The lowest BCUT2D eigenvalue weighted by Crippen LogP contribution is -2.37. The van der Waals surface area contributed by atoms with Crippen LogP contribution in [-0.4, -0.2) is 43.0 Å². The third kappa shape index (κ3) is 2.93. The van der Waals surface area contributed by atoms with Gasteiger partial charge in [0, 0.05) is 19.1 Å². The molecular weight excluding hydrogens is 232 g/mol. The number of likely N-dealkylation sites (N-methyl/N-ethyl adjacent to an activating group) is 1. The molecule has 0 amide bonds. The second-order valence-corrected chi connectivity index (χ2v) is 4.77. The minimum Gasteiger partial charge on any atom is -0.454 e. The van der Waals surface area contributed by atoms with Crippen LogP contribution in [0.5, 0.6) is 11.5 Å². The molecule has 0 saturated carbocycles. The molecule has 0 aromatic heterocycles. The van der Waals surface area contributed by atoms with Crippen LogP contribution >= 0.6 is 0 Å². The van der Waals surface area contributed by atoms with Gasteiger partial charge in [-0.05, 0) is 37.2 Å². The molecule has 0 fully saturated rings. The van der Waals surface area contributed by atoms with Crippen LogP contribution in [0.3, 0.4) is 0 Å². The van der Waals surface area contributed by atoms with Gasteiger partial charge < -0.3 is 25.2 Å². The molecule has 100 valence electrons. The summed E-state index contributed by atoms with van der Waals surface area (Å²) in [4.78, 5) is 2.09. The molecule has 18 heavy (non-hydrogen) atoms. The lowest BCUT2D eigenvalue weighted by atomic mass is 10.1. The van der Waals surface area contributed by atoms with Crippen molar-refractivity contribution in [1.29, 1.82) is 0 Å². The highest BCUT2D eigenvalue weighted by Gasteiger charge is 2.16. The molecule has 1 aromatic carbocycles. The van der Waals surface area contributed by atoms with Crippen molar-refractivity contribution in [1.82, 2.24) is 4.90 Å². The maximum Gasteiger partial charge on any atom is 0.231 e. The van der Waals surface area contributed by atoms with Crippen LogP contribution < -0.4 is 15.2 Å². The predicted octanol–water partition coefficient (Wildman–Crippen LogP) is 0.475. The summed E-state index contributed by atoms with van der Waals surface area (Å²) in [5, 5.41) is 8.94. The molecule has 0 spiro atoms. The molecule has 1 aliphatic rings. The Kier molecular flexibility index (Phi) is 4.06. The minimum atomic E-state index is -0.204. The zero-order chi connectivity index (χ0) is 13.1. The van der Waals surface area contributed by atoms with Gasteiger partial charge in [0.25, 0.3) is 0 Å². The van der Waals surface area contributed by atoms with Crippen molar-refractivity contribution >= 4 is 0 Å². The van der Waals surface area contributed by atoms with E-state index in [1.165, 1.54) is 11.1 Å². The number of ether oxygens (including phenoxy) is 2. The summed E-state index contributed by atoms with van der Waals surface area (Å²) < 4.78 is 10.7. The summed E-state index contributed by atoms with van der Waals surface area (Å²) in [6, 6.07) is 3.81. The Hall–Kier alpha value is -1.30. The van der Waals surface area contributed by atoms with Crippen molar-refractivity contribution in [2.75, 3.05) is 27.0 Å². The normalized spacial score (nSPS) is 15.2. The fourth-order valence-electron chi connectivity index (χ4n) is 2.07. The van der Waals surface area contributed by atoms with Crippen molar-refractivity contribution in [2.45, 2.75) is 19.5 Å². The van der Waals surface area contributed by atoms with E-state index in [9.17, 15) is 0 Å². The maximum absolute atomic E-state index is 8.94. The van der Waals surface area contributed by atoms with Crippen molar-refractivity contribution in [3.05, 3.63) is 23.3 Å². The summed E-state index contributed by atoms with van der Waals surface area (Å²) >= 11 is 0. The lowest BCUT2D eigenvalue weighted by Gasteiger charge is -2.21. The molecule has 0 saturated heterocycles. The van der Waals surface area contributed by atoms with Crippen molar-refractivity contribution in [3.8, 4) is 11.5 Å². The number of aliphatic hydroxyl groups excluding tert-OH is 1. The smallest absolute Gasteiger partial charge is 0.231 e. The van der Waals surface area contributed by atoms with E-state index in [1.54, 1.807) is 0 Å². The molecular formula is C13H20N2O3. The average molecular weight is 252 g/mol. The van der Waals surface area contributed by atoms with Crippen LogP contribution in [0.25, 0.3) is 0 Å². The van der Waals surface area contributed by atoms with Crippen molar-refractivity contribution < 1.29 is 14.6 Å². The molecule has 5 nitrogen and oxygen atoms in total. The largest absolute Gasteiger partial charge is 0.454 e. The fourth-order valence-corrected chi connectivity index (χ4v) is 2.07. The van der Waals surface area contributed by atoms with Gasteiger partial charge in [-0.2, -0.15) is 0 Å². The van der Waals surface area contributed by atoms with E-state index in [1.807, 2.05) is 19.2 Å². The molecule has 2 rings (SSSR count). The van der Waals surface area contributed by atoms with Crippen LogP contribution in [0.1, 0.15) is 11.1 Å². The number of hydrogen-bond acceptors (Lipinski definition) is 5. The zero-order valence-corrected chi connectivity index (χ0v) is 10.8. The van der Waals surface area contributed by atoms with E-state index >= 15 is 0 Å². The summed E-state index contributed by atoms with van der Waals surface area (Å²) in [5.74, 6) is 1.61. The summed E-state index contributed by atoms with van der Waals surface area (Å²) in [5.41, 5.74) is 8.08. The lowest BCUT2D eigenvalue weighted by molar-refractivity contribution is 0.174. The van der Waals surface area contributed by atoms with Gasteiger partial charge in [0.2, 0.25) is 6.79 Å². The van der Waals surface area contributed by atoms with Crippen molar-refractivity contribution in [3.63, 3.8) is 0 Å². The topological polar surface area (TPSA) is 68.0 Å². The fraction of sp³-hybridized carbons (Fsp3) is 0.538. The van der Waals surface area contributed by atoms with E-state index < -0.39 is 0 Å². The van der Waals surface area contributed by atoms with Crippen molar-refractivity contribution in [2.24, 2.45) is 5.73 Å². The predicted molar refractivity (Wildman–Crippen MR) is 68.7 cm³/mol. The molecule has 1 heterocycles. The average Bonchev–Trinajstić information content (AvgIpc) is 2.76. The van der Waals surface area contributed by atoms with Gasteiger partial charge in [0.05, 0.1) is 6.61 Å². The number of nitrogens with two attached hydrogens (primary N) is 1. The van der Waals surface area contributed by atoms with E-state index in [2.05, 4.69) is 11.8 Å². The summed E-state index contributed by atoms with van der Waals surface area (Å²) in [7, 11) is 1.99. The van der Waals surface area contributed by atoms with E-state index in [0.29, 0.717) is 13.3 Å². The first-order valence-corrected chi connectivity index (χ1v) is 6.04. The quantitative estimate of drug-likeness (QED) is 0.797. The van der Waals surface area contributed by atoms with Crippen LogP contribution in [0, 0.1) is 6.92 Å². The standard InChI is InChI=1S/C13H20N2O3/c1-9-3-12-13(18-8-17-12)4-10(9)5-15(2)6-11(14)7-16/h3-4,11,16H,5-8,14H2,1-2H3. The number of rotatable bonds is 5. The first kappa shape index (κ1) is 13.1. The van der Waals surface area contributed by atoms with Gasteiger partial charge in [-0.3, -0.25) is 0 Å². The van der Waals surface area contributed by atoms with Crippen LogP contribution in [0.4, 0.5) is 0 Å². The van der Waals surface area contributed by atoms with E-state index in [-0.39, 0.29) is 12.6 Å². The van der Waals surface area contributed by atoms with Gasteiger partial charge in [-0.15, -0.1) is 0 Å². The second kappa shape index (κ2) is 5.56. The molecule has 3 N–H and O–H groups in total. The Morgan fingerprint density at radius 3 is 2.72 bits per heavy atom. The third-order valence-electron chi connectivity index (χ3n) is 3.05. The minimum absolute atomic E-state index is 0.00443. The second-order valence-electron chi connectivity index (χ2n) is 4.77. The number of fused-ring (bicyclic) bond motifs is 1. The number of hydrogen-bond donors (Lipinski definition) is 2. The Bertz CT molecular complexity index is 423. The Morgan fingerprint density at radius 2 is 2.06 bits per heavy atom. The summed E-state index contributed by atoms with van der Waals surface area (Å²) in [6.07, 6.45) is 0. The van der Waals surface area contributed by atoms with Gasteiger partial charge in [-0.1, -0.05) is 0 Å². The first-order chi connectivity index (χ1) is 8.60. The maximum atomic E-state index is 8.94. The SMILES string of the molecule is Cc1cc2c(cc1CN(C)CC(N)CO)OCO2. The molecule has 1 aliphatic heterocycles. The Morgan fingerprint density at radius 1 is 1.39 bits per heavy atom. The van der Waals surface area contributed by atoms with E-state index in [4.69, 9.17) is 20.3 Å². The molecule has 0 radical (unpaired) electrons. The number of benzene rings is 1. The number of aryl methyl sites for hydroxylation is 1. The van der Waals surface area contributed by atoms with E-state index in [0.717, 1.165) is 18.0 Å². The highest BCUT2D eigenvalue weighted by Crippen LogP contribution is 2.34. The van der Waals surface area contributed by atoms with Gasteiger partial charge in [-0.25, -0.2) is 0 Å².